The van der Waals surface area contributed by atoms with Crippen molar-refractivity contribution < 1.29 is 9.59 Å². The molecule has 1 aromatic carbocycles. The maximum absolute atomic E-state index is 12.4. The number of hydrogen-bond acceptors (Lipinski definition) is 2. The lowest BCUT2D eigenvalue weighted by Gasteiger charge is -2.30. The first-order valence-corrected chi connectivity index (χ1v) is 7.67. The highest BCUT2D eigenvalue weighted by Crippen LogP contribution is 2.22. The van der Waals surface area contributed by atoms with Gasteiger partial charge in [-0.05, 0) is 43.4 Å². The number of piperidine rings is 1. The maximum atomic E-state index is 12.4. The van der Waals surface area contributed by atoms with E-state index in [1.54, 1.807) is 6.92 Å². The minimum Gasteiger partial charge on any atom is -0.343 e. The summed E-state index contributed by atoms with van der Waals surface area (Å²) in [5.74, 6) is 0.181. The third-order valence-electron chi connectivity index (χ3n) is 4.28. The lowest BCUT2D eigenvalue weighted by atomic mass is 9.95. The number of amides is 2. The van der Waals surface area contributed by atoms with E-state index in [-0.39, 0.29) is 17.7 Å². The zero-order valence-electron chi connectivity index (χ0n) is 13.1. The molecule has 0 atom stereocenters. The van der Waals surface area contributed by atoms with Crippen LogP contribution in [0.2, 0.25) is 0 Å². The largest absolute Gasteiger partial charge is 0.343 e. The Labute approximate surface area is 126 Å². The molecular formula is C17H24N2O2. The summed E-state index contributed by atoms with van der Waals surface area (Å²) in [6, 6.07) is 6.20. The highest BCUT2D eigenvalue weighted by atomic mass is 16.2. The highest BCUT2D eigenvalue weighted by Gasteiger charge is 2.26. The Kier molecular flexibility index (Phi) is 4.99. The third-order valence-corrected chi connectivity index (χ3v) is 4.28. The van der Waals surface area contributed by atoms with E-state index in [2.05, 4.69) is 24.4 Å². The molecular weight excluding hydrogens is 264 g/mol. The molecule has 0 radical (unpaired) electrons. The van der Waals surface area contributed by atoms with Crippen LogP contribution in [0.15, 0.2) is 18.2 Å². The molecule has 1 aliphatic heterocycles. The van der Waals surface area contributed by atoms with Crippen molar-refractivity contribution in [3.8, 4) is 0 Å². The van der Waals surface area contributed by atoms with Gasteiger partial charge in [0.25, 0.3) is 0 Å². The van der Waals surface area contributed by atoms with Crippen molar-refractivity contribution in [2.75, 3.05) is 18.4 Å². The van der Waals surface area contributed by atoms with Gasteiger partial charge in [-0.25, -0.2) is 0 Å². The summed E-state index contributed by atoms with van der Waals surface area (Å²) in [6.07, 6.45) is 2.45. The Morgan fingerprint density at radius 2 is 1.95 bits per heavy atom. The van der Waals surface area contributed by atoms with Gasteiger partial charge < -0.3 is 10.2 Å². The molecule has 4 heteroatoms. The van der Waals surface area contributed by atoms with Crippen LogP contribution in [-0.4, -0.2) is 29.8 Å². The molecule has 0 aromatic heterocycles. The zero-order chi connectivity index (χ0) is 15.4. The van der Waals surface area contributed by atoms with Gasteiger partial charge in [-0.2, -0.15) is 0 Å². The number of anilines is 1. The van der Waals surface area contributed by atoms with Crippen LogP contribution in [0.1, 0.15) is 37.8 Å². The molecule has 1 fully saturated rings. The maximum Gasteiger partial charge on any atom is 0.227 e. The average Bonchev–Trinajstić information content (AvgIpc) is 2.49. The number of aryl methyl sites for hydroxylation is 2. The summed E-state index contributed by atoms with van der Waals surface area (Å²) in [6.45, 7) is 7.06. The predicted molar refractivity (Wildman–Crippen MR) is 84.2 cm³/mol. The fourth-order valence-corrected chi connectivity index (χ4v) is 2.72. The quantitative estimate of drug-likeness (QED) is 0.929. The van der Waals surface area contributed by atoms with Crippen LogP contribution < -0.4 is 5.32 Å². The molecule has 0 aliphatic carbocycles. The molecule has 1 N–H and O–H groups in total. The summed E-state index contributed by atoms with van der Waals surface area (Å²) < 4.78 is 0. The lowest BCUT2D eigenvalue weighted by molar-refractivity contribution is -0.132. The Morgan fingerprint density at radius 3 is 2.52 bits per heavy atom. The number of carbonyl (C=O) groups excluding carboxylic acids is 2. The summed E-state index contributed by atoms with van der Waals surface area (Å²) in [4.78, 5) is 25.5. The minimum atomic E-state index is 0.00489. The molecule has 4 nitrogen and oxygen atoms in total. The zero-order valence-corrected chi connectivity index (χ0v) is 13.1. The van der Waals surface area contributed by atoms with Crippen molar-refractivity contribution in [3.05, 3.63) is 29.3 Å². The normalized spacial score (nSPS) is 15.9. The molecule has 1 aromatic rings. The van der Waals surface area contributed by atoms with E-state index in [1.165, 1.54) is 5.56 Å². The fraction of sp³-hybridized carbons (Fsp3) is 0.529. The second-order valence-corrected chi connectivity index (χ2v) is 5.77. The Bertz CT molecular complexity index is 532. The number of benzene rings is 1. The van der Waals surface area contributed by atoms with E-state index in [9.17, 15) is 9.59 Å². The first-order valence-electron chi connectivity index (χ1n) is 7.67. The van der Waals surface area contributed by atoms with Crippen LogP contribution in [0, 0.1) is 12.8 Å². The topological polar surface area (TPSA) is 49.4 Å². The second kappa shape index (κ2) is 6.74. The number of rotatable bonds is 3. The van der Waals surface area contributed by atoms with Crippen molar-refractivity contribution >= 4 is 17.5 Å². The van der Waals surface area contributed by atoms with E-state index in [1.807, 2.05) is 17.9 Å². The van der Waals surface area contributed by atoms with Gasteiger partial charge in [0.1, 0.15) is 0 Å². The molecule has 114 valence electrons. The summed E-state index contributed by atoms with van der Waals surface area (Å²) in [5, 5.41) is 3.06. The van der Waals surface area contributed by atoms with Gasteiger partial charge >= 0.3 is 0 Å². The van der Waals surface area contributed by atoms with Crippen molar-refractivity contribution in [2.45, 2.75) is 40.0 Å². The molecule has 1 saturated heterocycles. The number of nitrogens with one attached hydrogen (secondary N) is 1. The smallest absolute Gasteiger partial charge is 0.227 e. The molecule has 2 rings (SSSR count). The van der Waals surface area contributed by atoms with E-state index >= 15 is 0 Å². The molecule has 0 saturated carbocycles. The number of likely N-dealkylation sites (tertiary alicyclic amines) is 1. The SMILES string of the molecule is CCc1ccc(C)c(NC(=O)C2CCN(C(C)=O)CC2)c1. The summed E-state index contributed by atoms with van der Waals surface area (Å²) in [5.41, 5.74) is 3.22. The Hall–Kier alpha value is -1.84. The number of carbonyl (C=O) groups is 2. The highest BCUT2D eigenvalue weighted by molar-refractivity contribution is 5.93. The van der Waals surface area contributed by atoms with Crippen molar-refractivity contribution in [2.24, 2.45) is 5.92 Å². The second-order valence-electron chi connectivity index (χ2n) is 5.77. The first kappa shape index (κ1) is 15.5. The van der Waals surface area contributed by atoms with Crippen molar-refractivity contribution in [3.63, 3.8) is 0 Å². The summed E-state index contributed by atoms with van der Waals surface area (Å²) in [7, 11) is 0. The van der Waals surface area contributed by atoms with Gasteiger partial charge in [-0.15, -0.1) is 0 Å². The van der Waals surface area contributed by atoms with Crippen LogP contribution in [0.5, 0.6) is 0 Å². The molecule has 0 bridgehead atoms. The van der Waals surface area contributed by atoms with Gasteiger partial charge in [0, 0.05) is 31.6 Å². The first-order chi connectivity index (χ1) is 10.0. The Morgan fingerprint density at radius 1 is 1.29 bits per heavy atom. The summed E-state index contributed by atoms with van der Waals surface area (Å²) >= 11 is 0. The number of hydrogen-bond donors (Lipinski definition) is 1. The van der Waals surface area contributed by atoms with Gasteiger partial charge in [0.2, 0.25) is 11.8 Å². The molecule has 2 amide bonds. The molecule has 1 aliphatic rings. The van der Waals surface area contributed by atoms with Crippen LogP contribution in [-0.2, 0) is 16.0 Å². The monoisotopic (exact) mass is 288 g/mol. The lowest BCUT2D eigenvalue weighted by Crippen LogP contribution is -2.40. The third kappa shape index (κ3) is 3.84. The van der Waals surface area contributed by atoms with Crippen molar-refractivity contribution in [1.29, 1.82) is 0 Å². The fourth-order valence-electron chi connectivity index (χ4n) is 2.72. The van der Waals surface area contributed by atoms with E-state index in [4.69, 9.17) is 0 Å². The van der Waals surface area contributed by atoms with Crippen molar-refractivity contribution in [1.82, 2.24) is 4.90 Å². The molecule has 1 heterocycles. The van der Waals surface area contributed by atoms with Gasteiger partial charge in [0.15, 0.2) is 0 Å². The standard InChI is InChI=1S/C17H24N2O2/c1-4-14-6-5-12(2)16(11-14)18-17(21)15-7-9-19(10-8-15)13(3)20/h5-6,11,15H,4,7-10H2,1-3H3,(H,18,21). The molecule has 0 unspecified atom stereocenters. The average molecular weight is 288 g/mol. The van der Waals surface area contributed by atoms with Crippen LogP contribution in [0.3, 0.4) is 0 Å². The van der Waals surface area contributed by atoms with Crippen LogP contribution in [0.4, 0.5) is 5.69 Å². The Balaban J connectivity index is 1.98. The number of nitrogens with zero attached hydrogens (tertiary/aromatic N) is 1. The van der Waals surface area contributed by atoms with Gasteiger partial charge in [0.05, 0.1) is 0 Å². The van der Waals surface area contributed by atoms with Gasteiger partial charge in [-0.1, -0.05) is 19.1 Å². The van der Waals surface area contributed by atoms with Crippen LogP contribution >= 0.6 is 0 Å². The van der Waals surface area contributed by atoms with Gasteiger partial charge in [-0.3, -0.25) is 9.59 Å². The molecule has 21 heavy (non-hydrogen) atoms. The predicted octanol–water partition coefficient (Wildman–Crippen LogP) is 2.75. The van der Waals surface area contributed by atoms with E-state index < -0.39 is 0 Å². The van der Waals surface area contributed by atoms with Crippen LogP contribution in [0.25, 0.3) is 0 Å². The minimum absolute atomic E-state index is 0.00489. The molecule has 0 spiro atoms. The van der Waals surface area contributed by atoms with E-state index in [0.717, 1.165) is 30.5 Å². The van der Waals surface area contributed by atoms with E-state index in [0.29, 0.717) is 13.1 Å².